The van der Waals surface area contributed by atoms with Crippen LogP contribution in [0.3, 0.4) is 0 Å². The zero-order chi connectivity index (χ0) is 16.1. The molecule has 2 saturated heterocycles. The number of carbonyl (C=O) groups excluding carboxylic acids is 2. The Bertz CT molecular complexity index is 707. The molecule has 3 heterocycles. The highest BCUT2D eigenvalue weighted by Gasteiger charge is 2.50. The van der Waals surface area contributed by atoms with Gasteiger partial charge in [0, 0.05) is 17.9 Å². The first-order chi connectivity index (χ1) is 11.1. The number of thioether (sulfide) groups is 1. The Hall–Kier alpha value is -2.02. The number of carboxylic acids is 1. The minimum absolute atomic E-state index is 0.125. The van der Waals surface area contributed by atoms with Crippen molar-refractivity contribution in [2.75, 3.05) is 12.3 Å². The molecule has 0 bridgehead atoms. The number of amides is 2. The molecule has 0 spiro atoms. The van der Waals surface area contributed by atoms with Crippen molar-refractivity contribution in [2.24, 2.45) is 0 Å². The number of carbonyl (C=O) groups is 3. The van der Waals surface area contributed by atoms with E-state index in [4.69, 9.17) is 0 Å². The van der Waals surface area contributed by atoms with Crippen LogP contribution < -0.4 is 0 Å². The minimum Gasteiger partial charge on any atom is -0.480 e. The van der Waals surface area contributed by atoms with Crippen molar-refractivity contribution >= 4 is 29.5 Å². The zero-order valence-electron chi connectivity index (χ0n) is 12.3. The van der Waals surface area contributed by atoms with E-state index in [1.807, 2.05) is 18.2 Å². The van der Waals surface area contributed by atoms with E-state index < -0.39 is 18.1 Å². The van der Waals surface area contributed by atoms with E-state index in [1.54, 1.807) is 22.7 Å². The third-order valence-electron chi connectivity index (χ3n) is 4.80. The van der Waals surface area contributed by atoms with Crippen LogP contribution in [0.4, 0.5) is 0 Å². The quantitative estimate of drug-likeness (QED) is 0.884. The van der Waals surface area contributed by atoms with Crippen LogP contribution in [0.1, 0.15) is 34.1 Å². The lowest BCUT2D eigenvalue weighted by atomic mass is 10.1. The summed E-state index contributed by atoms with van der Waals surface area (Å²) >= 11 is 1.57. The van der Waals surface area contributed by atoms with Gasteiger partial charge in [-0.15, -0.1) is 11.8 Å². The molecule has 1 aromatic carbocycles. The molecule has 3 aliphatic heterocycles. The Labute approximate surface area is 137 Å². The molecule has 1 aromatic rings. The maximum atomic E-state index is 12.9. The van der Waals surface area contributed by atoms with Crippen molar-refractivity contribution in [2.45, 2.75) is 30.3 Å². The van der Waals surface area contributed by atoms with Gasteiger partial charge in [0.2, 0.25) is 5.91 Å². The molecule has 1 N–H and O–H groups in total. The molecule has 0 saturated carbocycles. The lowest BCUT2D eigenvalue weighted by Crippen LogP contribution is -2.51. The van der Waals surface area contributed by atoms with Gasteiger partial charge in [-0.05, 0) is 24.5 Å². The molecule has 3 atom stereocenters. The van der Waals surface area contributed by atoms with Crippen LogP contribution in [0.25, 0.3) is 0 Å². The second-order valence-corrected chi connectivity index (χ2v) is 7.14. The molecule has 120 valence electrons. The molecule has 7 heteroatoms. The lowest BCUT2D eigenvalue weighted by molar-refractivity contribution is -0.149. The average Bonchev–Trinajstić information content (AvgIpc) is 3.24. The molecule has 6 nitrogen and oxygen atoms in total. The Morgan fingerprint density at radius 3 is 2.78 bits per heavy atom. The summed E-state index contributed by atoms with van der Waals surface area (Å²) in [6.07, 6.45) is 1.18. The molecule has 2 fully saturated rings. The third-order valence-corrected chi connectivity index (χ3v) is 6.10. The van der Waals surface area contributed by atoms with Crippen LogP contribution in [0.15, 0.2) is 24.3 Å². The van der Waals surface area contributed by atoms with Crippen LogP contribution in [0.2, 0.25) is 0 Å². The number of likely N-dealkylation sites (tertiary alicyclic amines) is 1. The molecule has 2 amide bonds. The van der Waals surface area contributed by atoms with Crippen LogP contribution in [-0.2, 0) is 9.59 Å². The van der Waals surface area contributed by atoms with E-state index in [0.717, 1.165) is 5.56 Å². The molecule has 0 aliphatic carbocycles. The molecule has 0 radical (unpaired) electrons. The maximum absolute atomic E-state index is 12.9. The van der Waals surface area contributed by atoms with Gasteiger partial charge in [-0.1, -0.05) is 18.2 Å². The fraction of sp³-hybridized carbons (Fsp3) is 0.438. The van der Waals surface area contributed by atoms with Gasteiger partial charge in [0.15, 0.2) is 0 Å². The fourth-order valence-electron chi connectivity index (χ4n) is 3.71. The van der Waals surface area contributed by atoms with Crippen molar-refractivity contribution in [1.82, 2.24) is 9.80 Å². The largest absolute Gasteiger partial charge is 0.480 e. The summed E-state index contributed by atoms with van der Waals surface area (Å²) in [4.78, 5) is 39.9. The lowest BCUT2D eigenvalue weighted by Gasteiger charge is -2.29. The Balaban J connectivity index is 1.62. The molecular formula is C16H16N2O4S. The van der Waals surface area contributed by atoms with Crippen LogP contribution >= 0.6 is 11.8 Å². The van der Waals surface area contributed by atoms with E-state index >= 15 is 0 Å². The smallest absolute Gasteiger partial charge is 0.326 e. The summed E-state index contributed by atoms with van der Waals surface area (Å²) in [5, 5.41) is 9.15. The van der Waals surface area contributed by atoms with Gasteiger partial charge in [-0.3, -0.25) is 9.59 Å². The summed E-state index contributed by atoms with van der Waals surface area (Å²) in [7, 11) is 0. The number of hydrogen-bond acceptors (Lipinski definition) is 4. The van der Waals surface area contributed by atoms with Crippen molar-refractivity contribution in [1.29, 1.82) is 0 Å². The monoisotopic (exact) mass is 332 g/mol. The van der Waals surface area contributed by atoms with Crippen LogP contribution in [0.5, 0.6) is 0 Å². The van der Waals surface area contributed by atoms with Crippen molar-refractivity contribution in [3.63, 3.8) is 0 Å². The standard InChI is InChI=1S/C16H16N2O4S/c19-13-9-4-1-2-5-10(9)15-18(13)12(8-23-15)14(20)17-7-3-6-11(17)16(21)22/h1-2,4-5,11-12,15H,3,6-8H2,(H,21,22). The number of benzene rings is 1. The topological polar surface area (TPSA) is 77.9 Å². The van der Waals surface area contributed by atoms with E-state index in [1.165, 1.54) is 4.90 Å². The van der Waals surface area contributed by atoms with Gasteiger partial charge >= 0.3 is 5.97 Å². The van der Waals surface area contributed by atoms with Gasteiger partial charge in [0.05, 0.1) is 0 Å². The first-order valence-electron chi connectivity index (χ1n) is 7.66. The number of nitrogens with zero attached hydrogens (tertiary/aromatic N) is 2. The second kappa shape index (κ2) is 5.26. The number of rotatable bonds is 2. The minimum atomic E-state index is -0.964. The Morgan fingerprint density at radius 1 is 1.22 bits per heavy atom. The van der Waals surface area contributed by atoms with Crippen LogP contribution in [-0.4, -0.2) is 57.1 Å². The van der Waals surface area contributed by atoms with E-state index in [0.29, 0.717) is 30.7 Å². The molecule has 3 aliphatic rings. The highest BCUT2D eigenvalue weighted by atomic mass is 32.2. The first-order valence-corrected chi connectivity index (χ1v) is 8.71. The molecule has 3 unspecified atom stereocenters. The van der Waals surface area contributed by atoms with Crippen LogP contribution in [0, 0.1) is 0 Å². The summed E-state index contributed by atoms with van der Waals surface area (Å²) in [5.41, 5.74) is 1.60. The van der Waals surface area contributed by atoms with Gasteiger partial charge < -0.3 is 14.9 Å². The Kier molecular flexibility index (Phi) is 3.33. The van der Waals surface area contributed by atoms with Crippen molar-refractivity contribution < 1.29 is 19.5 Å². The normalized spacial score (nSPS) is 28.9. The SMILES string of the molecule is O=C(O)C1CCCN1C(=O)C1CSC2c3ccccc3C(=O)N12. The highest BCUT2D eigenvalue weighted by Crippen LogP contribution is 2.48. The summed E-state index contributed by atoms with van der Waals surface area (Å²) in [6, 6.07) is 6.10. The maximum Gasteiger partial charge on any atom is 0.326 e. The van der Waals surface area contributed by atoms with Gasteiger partial charge in [0.25, 0.3) is 5.91 Å². The number of carboxylic acid groups (broad SMARTS) is 1. The number of hydrogen-bond donors (Lipinski definition) is 1. The van der Waals surface area contributed by atoms with E-state index in [9.17, 15) is 19.5 Å². The molecule has 0 aromatic heterocycles. The number of aliphatic carboxylic acids is 1. The molecular weight excluding hydrogens is 316 g/mol. The first kappa shape index (κ1) is 14.6. The van der Waals surface area contributed by atoms with E-state index in [-0.39, 0.29) is 17.2 Å². The summed E-state index contributed by atoms with van der Waals surface area (Å²) in [5.74, 6) is -0.799. The molecule has 4 rings (SSSR count). The third kappa shape index (κ3) is 2.06. The number of fused-ring (bicyclic) bond motifs is 3. The van der Waals surface area contributed by atoms with Crippen molar-refractivity contribution in [3.05, 3.63) is 35.4 Å². The average molecular weight is 332 g/mol. The predicted molar refractivity (Wildman–Crippen MR) is 84.0 cm³/mol. The van der Waals surface area contributed by atoms with E-state index in [2.05, 4.69) is 0 Å². The molecule has 23 heavy (non-hydrogen) atoms. The zero-order valence-corrected chi connectivity index (χ0v) is 13.2. The highest BCUT2D eigenvalue weighted by molar-refractivity contribution is 7.99. The van der Waals surface area contributed by atoms with Crippen molar-refractivity contribution in [3.8, 4) is 0 Å². The second-order valence-electron chi connectivity index (χ2n) is 6.03. The summed E-state index contributed by atoms with van der Waals surface area (Å²) in [6.45, 7) is 0.455. The van der Waals surface area contributed by atoms with Gasteiger partial charge in [-0.2, -0.15) is 0 Å². The Morgan fingerprint density at radius 2 is 2.00 bits per heavy atom. The predicted octanol–water partition coefficient (Wildman–Crippen LogP) is 1.33. The van der Waals surface area contributed by atoms with Gasteiger partial charge in [-0.25, -0.2) is 4.79 Å². The summed E-state index contributed by atoms with van der Waals surface area (Å²) < 4.78 is 0. The van der Waals surface area contributed by atoms with Gasteiger partial charge in [0.1, 0.15) is 17.5 Å². The fourth-order valence-corrected chi connectivity index (χ4v) is 5.17.